The molecule has 0 saturated heterocycles. The van der Waals surface area contributed by atoms with E-state index < -0.39 is 0 Å². The second-order valence-corrected chi connectivity index (χ2v) is 5.27. The van der Waals surface area contributed by atoms with E-state index in [4.69, 9.17) is 17.0 Å². The van der Waals surface area contributed by atoms with Crippen LogP contribution in [0.1, 0.15) is 5.69 Å². The van der Waals surface area contributed by atoms with Gasteiger partial charge in [0.15, 0.2) is 4.77 Å². The van der Waals surface area contributed by atoms with Gasteiger partial charge in [-0.25, -0.2) is 0 Å². The van der Waals surface area contributed by atoms with E-state index in [0.29, 0.717) is 11.3 Å². The summed E-state index contributed by atoms with van der Waals surface area (Å²) in [6.07, 6.45) is 0. The molecule has 98 valence electrons. The number of fused-ring (bicyclic) bond motifs is 1. The third-order valence-corrected chi connectivity index (χ3v) is 3.93. The molecule has 0 aliphatic carbocycles. The zero-order valence-corrected chi connectivity index (χ0v) is 11.7. The van der Waals surface area contributed by atoms with Gasteiger partial charge >= 0.3 is 4.87 Å². The highest BCUT2D eigenvalue weighted by molar-refractivity contribution is 7.71. The number of rotatable bonds is 3. The first-order valence-electron chi connectivity index (χ1n) is 5.61. The zero-order chi connectivity index (χ0) is 13.4. The number of thiazole rings is 1. The Hall–Kier alpha value is -1.86. The first-order chi connectivity index (χ1) is 9.19. The highest BCUT2D eigenvalue weighted by Gasteiger charge is 2.09. The van der Waals surface area contributed by atoms with Crippen LogP contribution in [0.25, 0.3) is 11.0 Å². The smallest absolute Gasteiger partial charge is 0.304 e. The van der Waals surface area contributed by atoms with Crippen molar-refractivity contribution in [3.8, 4) is 5.75 Å². The van der Waals surface area contributed by atoms with E-state index in [1.165, 1.54) is 0 Å². The summed E-state index contributed by atoms with van der Waals surface area (Å²) in [4.78, 5) is 17.0. The summed E-state index contributed by atoms with van der Waals surface area (Å²) >= 11 is 6.48. The van der Waals surface area contributed by atoms with E-state index in [-0.39, 0.29) is 4.87 Å². The Morgan fingerprint density at radius 3 is 2.95 bits per heavy atom. The largest absolute Gasteiger partial charge is 0.494 e. The van der Waals surface area contributed by atoms with Crippen LogP contribution in [-0.4, -0.2) is 21.6 Å². The lowest BCUT2D eigenvalue weighted by atomic mass is 10.3. The summed E-state index contributed by atoms with van der Waals surface area (Å²) in [5.41, 5.74) is 2.67. The number of para-hydroxylation sites is 1. The van der Waals surface area contributed by atoms with Crippen LogP contribution in [0.5, 0.6) is 5.75 Å². The number of imidazole rings is 1. The third-order valence-electron chi connectivity index (χ3n) is 2.89. The Morgan fingerprint density at radius 2 is 2.26 bits per heavy atom. The fourth-order valence-electron chi connectivity index (χ4n) is 2.04. The fourth-order valence-corrected chi connectivity index (χ4v) is 2.88. The van der Waals surface area contributed by atoms with E-state index >= 15 is 0 Å². The summed E-state index contributed by atoms with van der Waals surface area (Å²) < 4.78 is 7.84. The van der Waals surface area contributed by atoms with Gasteiger partial charge in [0.2, 0.25) is 0 Å². The summed E-state index contributed by atoms with van der Waals surface area (Å²) in [7, 11) is 1.62. The summed E-state index contributed by atoms with van der Waals surface area (Å²) in [5.74, 6) is 0.751. The highest BCUT2D eigenvalue weighted by Crippen LogP contribution is 2.24. The SMILES string of the molecule is COc1cccc2c1[nH]c(=S)n2Cc1csc(=O)[nH]1. The van der Waals surface area contributed by atoms with Crippen molar-refractivity contribution >= 4 is 34.6 Å². The van der Waals surface area contributed by atoms with Crippen molar-refractivity contribution in [2.75, 3.05) is 7.11 Å². The maximum atomic E-state index is 11.2. The lowest BCUT2D eigenvalue weighted by molar-refractivity contribution is 0.419. The molecule has 0 fully saturated rings. The molecule has 2 heterocycles. The van der Waals surface area contributed by atoms with Crippen LogP contribution in [0.4, 0.5) is 0 Å². The van der Waals surface area contributed by atoms with Crippen LogP contribution in [0.2, 0.25) is 0 Å². The lowest BCUT2D eigenvalue weighted by Gasteiger charge is -2.04. The van der Waals surface area contributed by atoms with Crippen LogP contribution in [0.15, 0.2) is 28.4 Å². The van der Waals surface area contributed by atoms with Gasteiger partial charge in [0.1, 0.15) is 11.3 Å². The van der Waals surface area contributed by atoms with Crippen LogP contribution in [0.3, 0.4) is 0 Å². The summed E-state index contributed by atoms with van der Waals surface area (Å²) in [6.45, 7) is 0.532. The van der Waals surface area contributed by atoms with Crippen LogP contribution >= 0.6 is 23.6 Å². The molecule has 0 spiro atoms. The second-order valence-electron chi connectivity index (χ2n) is 4.04. The van der Waals surface area contributed by atoms with Gasteiger partial charge in [0.05, 0.1) is 19.2 Å². The quantitative estimate of drug-likeness (QED) is 0.729. The van der Waals surface area contributed by atoms with E-state index in [2.05, 4.69) is 9.97 Å². The molecule has 2 aromatic heterocycles. The van der Waals surface area contributed by atoms with Crippen molar-refractivity contribution in [3.05, 3.63) is 43.7 Å². The molecule has 0 aliphatic rings. The van der Waals surface area contributed by atoms with E-state index in [1.807, 2.05) is 28.1 Å². The Balaban J connectivity index is 2.16. The molecule has 19 heavy (non-hydrogen) atoms. The molecule has 3 aromatic rings. The Labute approximate surface area is 117 Å². The number of aromatic nitrogens is 3. The van der Waals surface area contributed by atoms with Crippen molar-refractivity contribution in [2.45, 2.75) is 6.54 Å². The lowest BCUT2D eigenvalue weighted by Crippen LogP contribution is -2.02. The minimum absolute atomic E-state index is 0.0565. The molecule has 0 aliphatic heterocycles. The number of nitrogens with one attached hydrogen (secondary N) is 2. The van der Waals surface area contributed by atoms with E-state index in [9.17, 15) is 4.79 Å². The van der Waals surface area contributed by atoms with Crippen molar-refractivity contribution < 1.29 is 4.74 Å². The predicted molar refractivity (Wildman–Crippen MR) is 77.7 cm³/mol. The molecule has 1 aromatic carbocycles. The number of benzene rings is 1. The van der Waals surface area contributed by atoms with E-state index in [1.54, 1.807) is 7.11 Å². The van der Waals surface area contributed by atoms with Crippen LogP contribution in [0, 0.1) is 4.77 Å². The molecule has 7 heteroatoms. The zero-order valence-electron chi connectivity index (χ0n) is 10.1. The molecule has 0 atom stereocenters. The molecule has 5 nitrogen and oxygen atoms in total. The first kappa shape index (κ1) is 12.2. The monoisotopic (exact) mass is 293 g/mol. The molecule has 0 amide bonds. The summed E-state index contributed by atoms with van der Waals surface area (Å²) in [6, 6.07) is 5.76. The molecule has 0 unspecified atom stereocenters. The first-order valence-corrected chi connectivity index (χ1v) is 6.90. The van der Waals surface area contributed by atoms with E-state index in [0.717, 1.165) is 33.8 Å². The molecular formula is C12H11N3O2S2. The Morgan fingerprint density at radius 1 is 1.42 bits per heavy atom. The van der Waals surface area contributed by atoms with Gasteiger partial charge in [0.25, 0.3) is 0 Å². The normalized spacial score (nSPS) is 11.0. The molecule has 0 radical (unpaired) electrons. The number of nitrogens with zero attached hydrogens (tertiary/aromatic N) is 1. The van der Waals surface area contributed by atoms with Crippen molar-refractivity contribution in [1.29, 1.82) is 0 Å². The number of H-pyrrole nitrogens is 2. The van der Waals surface area contributed by atoms with Crippen molar-refractivity contribution in [3.63, 3.8) is 0 Å². The van der Waals surface area contributed by atoms with Gasteiger partial charge in [-0.3, -0.25) is 4.79 Å². The topological polar surface area (TPSA) is 62.8 Å². The van der Waals surface area contributed by atoms with Gasteiger partial charge in [-0.2, -0.15) is 0 Å². The predicted octanol–water partition coefficient (Wildman–Crippen LogP) is 2.51. The maximum Gasteiger partial charge on any atom is 0.304 e. The number of hydrogen-bond acceptors (Lipinski definition) is 4. The molecular weight excluding hydrogens is 282 g/mol. The van der Waals surface area contributed by atoms with Gasteiger partial charge in [-0.1, -0.05) is 17.4 Å². The number of ether oxygens (including phenoxy) is 1. The average molecular weight is 293 g/mol. The molecule has 0 bridgehead atoms. The summed E-state index contributed by atoms with van der Waals surface area (Å²) in [5, 5.41) is 1.81. The molecule has 0 saturated carbocycles. The van der Waals surface area contributed by atoms with Crippen molar-refractivity contribution in [2.24, 2.45) is 0 Å². The Kier molecular flexibility index (Phi) is 3.00. The molecule has 2 N–H and O–H groups in total. The standard InChI is InChI=1S/C12H11N3O2S2/c1-17-9-4-2-3-8-10(9)14-11(18)15(8)5-7-6-19-12(16)13-7/h2-4,6H,5H2,1H3,(H,13,16)(H,14,18). The second kappa shape index (κ2) is 4.67. The molecule has 3 rings (SSSR count). The third kappa shape index (κ3) is 2.11. The van der Waals surface area contributed by atoms with Crippen LogP contribution in [-0.2, 0) is 6.54 Å². The number of hydrogen-bond donors (Lipinski definition) is 2. The minimum atomic E-state index is -0.0565. The van der Waals surface area contributed by atoms with Gasteiger partial charge in [-0.15, -0.1) is 0 Å². The van der Waals surface area contributed by atoms with Crippen LogP contribution < -0.4 is 9.61 Å². The Bertz CT molecular complexity index is 840. The number of aromatic amines is 2. The number of methoxy groups -OCH3 is 1. The average Bonchev–Trinajstić information content (AvgIpc) is 2.94. The minimum Gasteiger partial charge on any atom is -0.494 e. The van der Waals surface area contributed by atoms with Crippen molar-refractivity contribution in [1.82, 2.24) is 14.5 Å². The van der Waals surface area contributed by atoms with Gasteiger partial charge < -0.3 is 19.3 Å². The fraction of sp³-hybridized carbons (Fsp3) is 0.167. The highest BCUT2D eigenvalue weighted by atomic mass is 32.1. The maximum absolute atomic E-state index is 11.2. The van der Waals surface area contributed by atoms with Gasteiger partial charge in [-0.05, 0) is 24.4 Å². The van der Waals surface area contributed by atoms with Gasteiger partial charge in [0, 0.05) is 11.1 Å².